The molecule has 2 atom stereocenters. The summed E-state index contributed by atoms with van der Waals surface area (Å²) in [6.07, 6.45) is 9.24. The summed E-state index contributed by atoms with van der Waals surface area (Å²) in [4.78, 5) is 0. The second-order valence-electron chi connectivity index (χ2n) is 5.89. The number of rotatable bonds is 1. The van der Waals surface area contributed by atoms with Gasteiger partial charge >= 0.3 is 0 Å². The molecule has 0 radical (unpaired) electrons. The van der Waals surface area contributed by atoms with E-state index < -0.39 is 0 Å². The van der Waals surface area contributed by atoms with E-state index in [4.69, 9.17) is 11.6 Å². The maximum atomic E-state index is 5.94. The summed E-state index contributed by atoms with van der Waals surface area (Å²) >= 11 is 5.94. The SMILES string of the molecule is C[C@@]12CC=C(c3ccc(Cl)cc3)C[C@@H]1CCC2. The van der Waals surface area contributed by atoms with E-state index in [0.29, 0.717) is 5.41 Å². The third kappa shape index (κ3) is 2.04. The monoisotopic (exact) mass is 246 g/mol. The van der Waals surface area contributed by atoms with Gasteiger partial charge in [-0.05, 0) is 60.3 Å². The third-order valence-electron chi connectivity index (χ3n) is 4.78. The molecule has 3 rings (SSSR count). The molecule has 1 saturated carbocycles. The van der Waals surface area contributed by atoms with Crippen molar-refractivity contribution in [1.82, 2.24) is 0 Å². The number of halogens is 1. The molecule has 1 aromatic rings. The Morgan fingerprint density at radius 3 is 2.76 bits per heavy atom. The fourth-order valence-electron chi connectivity index (χ4n) is 3.53. The van der Waals surface area contributed by atoms with E-state index in [9.17, 15) is 0 Å². The van der Waals surface area contributed by atoms with Crippen LogP contribution in [0.25, 0.3) is 5.57 Å². The maximum Gasteiger partial charge on any atom is 0.0406 e. The molecule has 2 aliphatic carbocycles. The molecule has 1 aromatic carbocycles. The molecule has 0 aromatic heterocycles. The molecule has 0 nitrogen and oxygen atoms in total. The average Bonchev–Trinajstić information content (AvgIpc) is 2.70. The van der Waals surface area contributed by atoms with Crippen LogP contribution in [-0.4, -0.2) is 0 Å². The summed E-state index contributed by atoms with van der Waals surface area (Å²) < 4.78 is 0. The second-order valence-corrected chi connectivity index (χ2v) is 6.32. The molecule has 0 amide bonds. The van der Waals surface area contributed by atoms with Crippen LogP contribution in [0.5, 0.6) is 0 Å². The lowest BCUT2D eigenvalue weighted by Gasteiger charge is -2.35. The third-order valence-corrected chi connectivity index (χ3v) is 5.03. The van der Waals surface area contributed by atoms with Crippen LogP contribution in [-0.2, 0) is 0 Å². The van der Waals surface area contributed by atoms with Crippen LogP contribution in [0.1, 0.15) is 44.6 Å². The Labute approximate surface area is 109 Å². The molecule has 0 N–H and O–H groups in total. The molecule has 0 aliphatic heterocycles. The summed E-state index contributed by atoms with van der Waals surface area (Å²) in [5.41, 5.74) is 3.49. The molecule has 2 aliphatic rings. The van der Waals surface area contributed by atoms with Gasteiger partial charge in [0, 0.05) is 5.02 Å². The molecule has 1 fully saturated rings. The van der Waals surface area contributed by atoms with Crippen LogP contribution in [0.2, 0.25) is 5.02 Å². The highest BCUT2D eigenvalue weighted by Crippen LogP contribution is 2.52. The molecular formula is C16H19Cl. The van der Waals surface area contributed by atoms with E-state index in [1.165, 1.54) is 43.2 Å². The summed E-state index contributed by atoms with van der Waals surface area (Å²) in [6.45, 7) is 2.47. The molecule has 0 bridgehead atoms. The smallest absolute Gasteiger partial charge is 0.0406 e. The largest absolute Gasteiger partial charge is 0.0843 e. The lowest BCUT2D eigenvalue weighted by molar-refractivity contribution is 0.226. The van der Waals surface area contributed by atoms with Crippen molar-refractivity contribution in [2.75, 3.05) is 0 Å². The highest BCUT2D eigenvalue weighted by molar-refractivity contribution is 6.30. The quantitative estimate of drug-likeness (QED) is 0.629. The van der Waals surface area contributed by atoms with Crippen LogP contribution in [0.15, 0.2) is 30.3 Å². The van der Waals surface area contributed by atoms with E-state index in [1.807, 2.05) is 12.1 Å². The van der Waals surface area contributed by atoms with Crippen LogP contribution in [0, 0.1) is 11.3 Å². The topological polar surface area (TPSA) is 0 Å². The molecule has 0 unspecified atom stereocenters. The number of fused-ring (bicyclic) bond motifs is 1. The molecule has 0 saturated heterocycles. The van der Waals surface area contributed by atoms with Crippen LogP contribution < -0.4 is 0 Å². The van der Waals surface area contributed by atoms with Gasteiger partial charge in [-0.25, -0.2) is 0 Å². The predicted molar refractivity (Wildman–Crippen MR) is 74.1 cm³/mol. The minimum Gasteiger partial charge on any atom is -0.0843 e. The fourth-order valence-corrected chi connectivity index (χ4v) is 3.65. The van der Waals surface area contributed by atoms with Gasteiger partial charge in [0.15, 0.2) is 0 Å². The summed E-state index contributed by atoms with van der Waals surface area (Å²) in [5.74, 6) is 0.901. The molecule has 0 heterocycles. The van der Waals surface area contributed by atoms with Gasteiger partial charge in [0.2, 0.25) is 0 Å². The van der Waals surface area contributed by atoms with Gasteiger partial charge < -0.3 is 0 Å². The zero-order valence-electron chi connectivity index (χ0n) is 10.4. The Balaban J connectivity index is 1.86. The number of hydrogen-bond acceptors (Lipinski definition) is 0. The molecule has 1 heteroatoms. The van der Waals surface area contributed by atoms with Gasteiger partial charge in [-0.1, -0.05) is 43.2 Å². The van der Waals surface area contributed by atoms with Crippen LogP contribution in [0.4, 0.5) is 0 Å². The van der Waals surface area contributed by atoms with Crippen molar-refractivity contribution in [3.8, 4) is 0 Å². The number of allylic oxidation sites excluding steroid dienone is 2. The van der Waals surface area contributed by atoms with Gasteiger partial charge in [0.05, 0.1) is 0 Å². The maximum absolute atomic E-state index is 5.94. The van der Waals surface area contributed by atoms with Crippen molar-refractivity contribution in [2.24, 2.45) is 11.3 Å². The standard InChI is InChI=1S/C16H19Cl/c1-16-9-2-3-14(16)11-13(8-10-16)12-4-6-15(17)7-5-12/h4-8,14H,2-3,9-11H2,1H3/t14-,16+/m0/s1. The van der Waals surface area contributed by atoms with E-state index in [1.54, 1.807) is 0 Å². The first-order chi connectivity index (χ1) is 8.17. The lowest BCUT2D eigenvalue weighted by Crippen LogP contribution is -2.24. The Morgan fingerprint density at radius 1 is 1.24 bits per heavy atom. The Morgan fingerprint density at radius 2 is 2.00 bits per heavy atom. The van der Waals surface area contributed by atoms with E-state index in [0.717, 1.165) is 10.9 Å². The molecule has 0 spiro atoms. The lowest BCUT2D eigenvalue weighted by atomic mass is 9.69. The fraction of sp³-hybridized carbons (Fsp3) is 0.500. The van der Waals surface area contributed by atoms with Crippen molar-refractivity contribution < 1.29 is 0 Å². The van der Waals surface area contributed by atoms with Gasteiger partial charge in [-0.15, -0.1) is 0 Å². The minimum absolute atomic E-state index is 0.593. The minimum atomic E-state index is 0.593. The first-order valence-corrected chi connectivity index (χ1v) is 7.00. The Hall–Kier alpha value is -0.750. The summed E-state index contributed by atoms with van der Waals surface area (Å²) in [7, 11) is 0. The normalized spacial score (nSPS) is 32.1. The van der Waals surface area contributed by atoms with Gasteiger partial charge in [-0.3, -0.25) is 0 Å². The van der Waals surface area contributed by atoms with Crippen LogP contribution in [0.3, 0.4) is 0 Å². The van der Waals surface area contributed by atoms with E-state index >= 15 is 0 Å². The van der Waals surface area contributed by atoms with E-state index in [2.05, 4.69) is 25.1 Å². The first-order valence-electron chi connectivity index (χ1n) is 6.62. The second kappa shape index (κ2) is 4.17. The first kappa shape index (κ1) is 11.3. The van der Waals surface area contributed by atoms with E-state index in [-0.39, 0.29) is 0 Å². The van der Waals surface area contributed by atoms with Crippen molar-refractivity contribution in [3.05, 3.63) is 40.9 Å². The number of hydrogen-bond donors (Lipinski definition) is 0. The Bertz CT molecular complexity index is 443. The van der Waals surface area contributed by atoms with Gasteiger partial charge in [0.1, 0.15) is 0 Å². The van der Waals surface area contributed by atoms with Crippen molar-refractivity contribution >= 4 is 17.2 Å². The Kier molecular flexibility index (Phi) is 2.78. The van der Waals surface area contributed by atoms with Gasteiger partial charge in [-0.2, -0.15) is 0 Å². The highest BCUT2D eigenvalue weighted by Gasteiger charge is 2.40. The highest BCUT2D eigenvalue weighted by atomic mass is 35.5. The predicted octanol–water partition coefficient (Wildman–Crippen LogP) is 5.32. The van der Waals surface area contributed by atoms with Crippen molar-refractivity contribution in [2.45, 2.75) is 39.0 Å². The molecule has 17 heavy (non-hydrogen) atoms. The van der Waals surface area contributed by atoms with Gasteiger partial charge in [0.25, 0.3) is 0 Å². The molecular weight excluding hydrogens is 228 g/mol. The van der Waals surface area contributed by atoms with Crippen molar-refractivity contribution in [3.63, 3.8) is 0 Å². The zero-order chi connectivity index (χ0) is 11.9. The van der Waals surface area contributed by atoms with Crippen molar-refractivity contribution in [1.29, 1.82) is 0 Å². The summed E-state index contributed by atoms with van der Waals surface area (Å²) in [5, 5.41) is 0.830. The summed E-state index contributed by atoms with van der Waals surface area (Å²) in [6, 6.07) is 8.32. The average molecular weight is 247 g/mol. The van der Waals surface area contributed by atoms with Crippen LogP contribution >= 0.6 is 11.6 Å². The molecule has 90 valence electrons. The number of benzene rings is 1. The zero-order valence-corrected chi connectivity index (χ0v) is 11.1.